The van der Waals surface area contributed by atoms with Crippen LogP contribution in [0.25, 0.3) is 0 Å². The highest BCUT2D eigenvalue weighted by Crippen LogP contribution is 2.24. The van der Waals surface area contributed by atoms with Gasteiger partial charge in [0.1, 0.15) is 4.88 Å². The van der Waals surface area contributed by atoms with Gasteiger partial charge in [-0.25, -0.2) is 4.79 Å². The summed E-state index contributed by atoms with van der Waals surface area (Å²) in [6.07, 6.45) is 1.72. The molecule has 1 aromatic heterocycles. The second kappa shape index (κ2) is 6.93. The molecule has 0 spiro atoms. The third kappa shape index (κ3) is 4.52. The van der Waals surface area contributed by atoms with Crippen LogP contribution in [-0.4, -0.2) is 42.0 Å². The molecule has 0 bridgehead atoms. The second-order valence-electron chi connectivity index (χ2n) is 4.19. The summed E-state index contributed by atoms with van der Waals surface area (Å²) in [5.74, 6) is -0.629. The maximum absolute atomic E-state index is 11.7. The van der Waals surface area contributed by atoms with Crippen LogP contribution in [0.2, 0.25) is 0 Å². The maximum Gasteiger partial charge on any atom is 0.345 e. The summed E-state index contributed by atoms with van der Waals surface area (Å²) < 4.78 is 5.23. The van der Waals surface area contributed by atoms with Gasteiger partial charge in [0.2, 0.25) is 5.91 Å². The molecule has 2 N–H and O–H groups in total. The first-order chi connectivity index (χ1) is 9.15. The molecule has 5 nitrogen and oxygen atoms in total. The van der Waals surface area contributed by atoms with E-state index in [1.807, 2.05) is 0 Å². The van der Waals surface area contributed by atoms with E-state index in [0.29, 0.717) is 23.8 Å². The Balaban J connectivity index is 1.74. The Bertz CT molecular complexity index is 454. The van der Waals surface area contributed by atoms with Crippen molar-refractivity contribution in [1.82, 2.24) is 5.32 Å². The molecule has 1 saturated heterocycles. The van der Waals surface area contributed by atoms with Crippen molar-refractivity contribution in [2.24, 2.45) is 0 Å². The highest BCUT2D eigenvalue weighted by Gasteiger charge is 2.16. The molecule has 1 aliphatic rings. The van der Waals surface area contributed by atoms with Crippen LogP contribution in [0.3, 0.4) is 0 Å². The number of carbonyl (C=O) groups excluding carboxylic acids is 1. The second-order valence-corrected chi connectivity index (χ2v) is 6.15. The Labute approximate surface area is 119 Å². The van der Waals surface area contributed by atoms with E-state index < -0.39 is 5.97 Å². The molecule has 0 aromatic carbocycles. The van der Waals surface area contributed by atoms with Crippen LogP contribution in [0.5, 0.6) is 0 Å². The Kier molecular flexibility index (Phi) is 5.24. The van der Waals surface area contributed by atoms with Gasteiger partial charge < -0.3 is 15.2 Å². The lowest BCUT2D eigenvalue weighted by atomic mass is 10.1. The van der Waals surface area contributed by atoms with Gasteiger partial charge in [-0.1, -0.05) is 0 Å². The van der Waals surface area contributed by atoms with Gasteiger partial charge in [-0.15, -0.1) is 23.1 Å². The summed E-state index contributed by atoms with van der Waals surface area (Å²) in [5, 5.41) is 13.5. The average Bonchev–Trinajstić information content (AvgIpc) is 2.86. The van der Waals surface area contributed by atoms with Crippen LogP contribution in [0, 0.1) is 0 Å². The van der Waals surface area contributed by atoms with Gasteiger partial charge in [0, 0.05) is 29.5 Å². The molecule has 1 fully saturated rings. The molecule has 2 rings (SSSR count). The summed E-state index contributed by atoms with van der Waals surface area (Å²) in [6.45, 7) is 1.40. The van der Waals surface area contributed by atoms with Crippen LogP contribution >= 0.6 is 23.1 Å². The molecular weight excluding hydrogens is 286 g/mol. The van der Waals surface area contributed by atoms with E-state index >= 15 is 0 Å². The predicted molar refractivity (Wildman–Crippen MR) is 74.0 cm³/mol. The smallest absolute Gasteiger partial charge is 0.345 e. The monoisotopic (exact) mass is 301 g/mol. The number of carboxylic acid groups (broad SMARTS) is 1. The van der Waals surface area contributed by atoms with Gasteiger partial charge in [-0.3, -0.25) is 4.79 Å². The van der Waals surface area contributed by atoms with Crippen molar-refractivity contribution in [3.05, 3.63) is 16.3 Å². The number of hydrogen-bond acceptors (Lipinski definition) is 5. The first kappa shape index (κ1) is 14.4. The SMILES string of the molecule is O=C(CSc1csc(C(=O)O)c1)NC1CCOCC1. The fourth-order valence-corrected chi connectivity index (χ4v) is 3.45. The molecule has 0 radical (unpaired) electrons. The Morgan fingerprint density at radius 2 is 2.21 bits per heavy atom. The minimum atomic E-state index is -0.927. The van der Waals surface area contributed by atoms with Crippen LogP contribution in [0.15, 0.2) is 16.3 Å². The minimum absolute atomic E-state index is 0.0139. The molecule has 0 saturated carbocycles. The van der Waals surface area contributed by atoms with E-state index in [9.17, 15) is 9.59 Å². The number of carboxylic acids is 1. The Hall–Kier alpha value is -1.05. The van der Waals surface area contributed by atoms with Crippen molar-refractivity contribution in [3.8, 4) is 0 Å². The van der Waals surface area contributed by atoms with Crippen molar-refractivity contribution < 1.29 is 19.4 Å². The lowest BCUT2D eigenvalue weighted by Crippen LogP contribution is -2.39. The molecule has 7 heteroatoms. The Morgan fingerprint density at radius 1 is 1.47 bits per heavy atom. The first-order valence-corrected chi connectivity index (χ1v) is 7.83. The normalized spacial score (nSPS) is 16.2. The van der Waals surface area contributed by atoms with Crippen LogP contribution in [0.4, 0.5) is 0 Å². The lowest BCUT2D eigenvalue weighted by molar-refractivity contribution is -0.119. The fraction of sp³-hybridized carbons (Fsp3) is 0.500. The standard InChI is InChI=1S/C12H15NO4S2/c14-11(13-8-1-3-17-4-2-8)7-18-9-5-10(12(15)16)19-6-9/h5-6,8H,1-4,7H2,(H,13,14)(H,15,16). The number of hydrogen-bond donors (Lipinski definition) is 2. The van der Waals surface area contributed by atoms with Gasteiger partial charge >= 0.3 is 5.97 Å². The highest BCUT2D eigenvalue weighted by molar-refractivity contribution is 8.00. The van der Waals surface area contributed by atoms with Crippen molar-refractivity contribution >= 4 is 35.0 Å². The van der Waals surface area contributed by atoms with E-state index in [4.69, 9.17) is 9.84 Å². The molecule has 1 aliphatic heterocycles. The van der Waals surface area contributed by atoms with Crippen LogP contribution in [-0.2, 0) is 9.53 Å². The van der Waals surface area contributed by atoms with E-state index in [1.54, 1.807) is 11.4 Å². The molecule has 1 aromatic rings. The molecule has 0 aliphatic carbocycles. The summed E-state index contributed by atoms with van der Waals surface area (Å²) >= 11 is 2.54. The summed E-state index contributed by atoms with van der Waals surface area (Å²) in [4.78, 5) is 23.6. The van der Waals surface area contributed by atoms with E-state index in [-0.39, 0.29) is 11.9 Å². The van der Waals surface area contributed by atoms with E-state index in [0.717, 1.165) is 17.7 Å². The zero-order chi connectivity index (χ0) is 13.7. The first-order valence-electron chi connectivity index (χ1n) is 5.97. The number of carbonyl (C=O) groups is 2. The highest BCUT2D eigenvalue weighted by atomic mass is 32.2. The zero-order valence-electron chi connectivity index (χ0n) is 10.3. The van der Waals surface area contributed by atoms with Crippen molar-refractivity contribution in [3.63, 3.8) is 0 Å². The summed E-state index contributed by atoms with van der Waals surface area (Å²) in [5.41, 5.74) is 0. The minimum Gasteiger partial charge on any atom is -0.477 e. The number of aromatic carboxylic acids is 1. The quantitative estimate of drug-likeness (QED) is 0.812. The zero-order valence-corrected chi connectivity index (χ0v) is 11.9. The summed E-state index contributed by atoms with van der Waals surface area (Å²) in [7, 11) is 0. The van der Waals surface area contributed by atoms with E-state index in [2.05, 4.69) is 5.32 Å². The van der Waals surface area contributed by atoms with Gasteiger partial charge in [-0.2, -0.15) is 0 Å². The number of amides is 1. The molecule has 104 valence electrons. The molecule has 0 atom stereocenters. The van der Waals surface area contributed by atoms with Gasteiger partial charge in [0.05, 0.1) is 5.75 Å². The van der Waals surface area contributed by atoms with Crippen molar-refractivity contribution in [2.45, 2.75) is 23.8 Å². The third-order valence-electron chi connectivity index (χ3n) is 2.74. The number of rotatable bonds is 5. The topological polar surface area (TPSA) is 75.6 Å². The molecule has 0 unspecified atom stereocenters. The number of nitrogens with one attached hydrogen (secondary N) is 1. The summed E-state index contributed by atoms with van der Waals surface area (Å²) in [6, 6.07) is 1.80. The number of thiophene rings is 1. The molecule has 19 heavy (non-hydrogen) atoms. The van der Waals surface area contributed by atoms with Crippen molar-refractivity contribution in [1.29, 1.82) is 0 Å². The fourth-order valence-electron chi connectivity index (χ4n) is 1.77. The lowest BCUT2D eigenvalue weighted by Gasteiger charge is -2.22. The van der Waals surface area contributed by atoms with Gasteiger partial charge in [0.15, 0.2) is 0 Å². The Morgan fingerprint density at radius 3 is 2.84 bits per heavy atom. The largest absolute Gasteiger partial charge is 0.477 e. The number of ether oxygens (including phenoxy) is 1. The molecule has 2 heterocycles. The predicted octanol–water partition coefficient (Wildman–Crippen LogP) is 1.83. The average molecular weight is 301 g/mol. The maximum atomic E-state index is 11.7. The van der Waals surface area contributed by atoms with Gasteiger partial charge in [-0.05, 0) is 18.9 Å². The van der Waals surface area contributed by atoms with Gasteiger partial charge in [0.25, 0.3) is 0 Å². The van der Waals surface area contributed by atoms with Crippen LogP contribution in [0.1, 0.15) is 22.5 Å². The van der Waals surface area contributed by atoms with Crippen molar-refractivity contribution in [2.75, 3.05) is 19.0 Å². The van der Waals surface area contributed by atoms with Crippen LogP contribution < -0.4 is 5.32 Å². The molecular formula is C12H15NO4S2. The molecule has 1 amide bonds. The third-order valence-corrected chi connectivity index (χ3v) is 4.79. The van der Waals surface area contributed by atoms with E-state index in [1.165, 1.54) is 23.1 Å². The number of thioether (sulfide) groups is 1.